The first kappa shape index (κ1) is 20.3. The Morgan fingerprint density at radius 1 is 1.18 bits per heavy atom. The predicted octanol–water partition coefficient (Wildman–Crippen LogP) is 0.788. The lowest BCUT2D eigenvalue weighted by molar-refractivity contribution is -0.140. The van der Waals surface area contributed by atoms with Crippen molar-refractivity contribution in [3.63, 3.8) is 0 Å². The van der Waals surface area contributed by atoms with E-state index in [-0.39, 0.29) is 23.8 Å². The van der Waals surface area contributed by atoms with Crippen molar-refractivity contribution in [2.45, 2.75) is 32.4 Å². The first-order valence-electron chi connectivity index (χ1n) is 10.0. The van der Waals surface area contributed by atoms with Crippen LogP contribution in [0, 0.1) is 17.2 Å². The Morgan fingerprint density at radius 3 is 2.46 bits per heavy atom. The second kappa shape index (κ2) is 9.18. The van der Waals surface area contributed by atoms with Gasteiger partial charge in [-0.2, -0.15) is 5.26 Å². The molecule has 2 N–H and O–H groups in total. The lowest BCUT2D eigenvalue weighted by Crippen LogP contribution is -2.56. The maximum Gasteiger partial charge on any atom is 0.239 e. The SMILES string of the molecule is CC(C(=O)N1CCCC(C(N)=O)C1)N1CCN(Cc2ccc(C#N)cc2)CC1. The highest BCUT2D eigenvalue weighted by atomic mass is 16.2. The van der Waals surface area contributed by atoms with Gasteiger partial charge in [-0.15, -0.1) is 0 Å². The summed E-state index contributed by atoms with van der Waals surface area (Å²) in [5.74, 6) is -0.415. The van der Waals surface area contributed by atoms with Gasteiger partial charge in [-0.25, -0.2) is 0 Å². The van der Waals surface area contributed by atoms with Crippen LogP contribution in [0.1, 0.15) is 30.9 Å². The molecular formula is C21H29N5O2. The van der Waals surface area contributed by atoms with E-state index in [4.69, 9.17) is 11.0 Å². The molecule has 0 radical (unpaired) electrons. The van der Waals surface area contributed by atoms with E-state index in [2.05, 4.69) is 15.9 Å². The van der Waals surface area contributed by atoms with Gasteiger partial charge in [0.1, 0.15) is 0 Å². The predicted molar refractivity (Wildman–Crippen MR) is 106 cm³/mol. The smallest absolute Gasteiger partial charge is 0.239 e. The fourth-order valence-electron chi connectivity index (χ4n) is 4.08. The van der Waals surface area contributed by atoms with Gasteiger partial charge < -0.3 is 10.6 Å². The molecule has 150 valence electrons. The fraction of sp³-hybridized carbons (Fsp3) is 0.571. The zero-order chi connectivity index (χ0) is 20.1. The molecule has 1 aromatic rings. The van der Waals surface area contributed by atoms with Gasteiger partial charge in [0.25, 0.3) is 0 Å². The number of hydrogen-bond donors (Lipinski definition) is 1. The van der Waals surface area contributed by atoms with Gasteiger partial charge in [-0.05, 0) is 37.5 Å². The third kappa shape index (κ3) is 4.89. The molecule has 2 saturated heterocycles. The van der Waals surface area contributed by atoms with Crippen LogP contribution in [0.3, 0.4) is 0 Å². The average Bonchev–Trinajstić information content (AvgIpc) is 2.74. The minimum Gasteiger partial charge on any atom is -0.369 e. The number of nitrogens with zero attached hydrogens (tertiary/aromatic N) is 4. The van der Waals surface area contributed by atoms with Crippen LogP contribution >= 0.6 is 0 Å². The number of amides is 2. The molecule has 2 fully saturated rings. The van der Waals surface area contributed by atoms with Crippen molar-refractivity contribution in [3.05, 3.63) is 35.4 Å². The molecule has 0 bridgehead atoms. The number of hydrogen-bond acceptors (Lipinski definition) is 5. The molecule has 2 aliphatic rings. The number of piperidine rings is 1. The summed E-state index contributed by atoms with van der Waals surface area (Å²) in [6.45, 7) is 7.49. The molecule has 1 aromatic carbocycles. The van der Waals surface area contributed by atoms with Crippen LogP contribution < -0.4 is 5.73 Å². The zero-order valence-corrected chi connectivity index (χ0v) is 16.5. The highest BCUT2D eigenvalue weighted by Gasteiger charge is 2.32. The maximum atomic E-state index is 12.9. The van der Waals surface area contributed by atoms with Crippen LogP contribution in [-0.4, -0.2) is 71.8 Å². The molecule has 2 unspecified atom stereocenters. The number of primary amides is 1. The van der Waals surface area contributed by atoms with Crippen LogP contribution in [0.2, 0.25) is 0 Å². The van der Waals surface area contributed by atoms with Gasteiger partial charge in [0, 0.05) is 45.8 Å². The van der Waals surface area contributed by atoms with E-state index in [0.717, 1.165) is 45.6 Å². The molecule has 0 spiro atoms. The zero-order valence-electron chi connectivity index (χ0n) is 16.5. The molecule has 2 aliphatic heterocycles. The summed E-state index contributed by atoms with van der Waals surface area (Å²) >= 11 is 0. The van der Waals surface area contributed by atoms with Crippen molar-refractivity contribution in [2.75, 3.05) is 39.3 Å². The Hall–Kier alpha value is -2.43. The Labute approximate surface area is 166 Å². The number of likely N-dealkylation sites (tertiary alicyclic amines) is 1. The number of nitrogens with two attached hydrogens (primary N) is 1. The summed E-state index contributed by atoms with van der Waals surface area (Å²) in [6, 6.07) is 9.67. The van der Waals surface area contributed by atoms with Crippen LogP contribution in [0.25, 0.3) is 0 Å². The van der Waals surface area contributed by atoms with E-state index in [0.29, 0.717) is 18.7 Å². The number of piperazine rings is 1. The summed E-state index contributed by atoms with van der Waals surface area (Å²) in [4.78, 5) is 30.8. The van der Waals surface area contributed by atoms with E-state index in [1.54, 1.807) is 0 Å². The minimum atomic E-state index is -0.304. The number of carbonyl (C=O) groups excluding carboxylic acids is 2. The molecule has 3 rings (SSSR count). The molecule has 7 heteroatoms. The average molecular weight is 383 g/mol. The standard InChI is InChI=1S/C21H29N5O2/c1-16(21(28)26-8-2-3-19(15-26)20(23)27)25-11-9-24(10-12-25)14-18-6-4-17(13-22)5-7-18/h4-7,16,19H,2-3,8-12,14-15H2,1H3,(H2,23,27). The lowest BCUT2D eigenvalue weighted by Gasteiger charge is -2.40. The van der Waals surface area contributed by atoms with Crippen LogP contribution in [0.4, 0.5) is 0 Å². The van der Waals surface area contributed by atoms with E-state index in [9.17, 15) is 9.59 Å². The Kier molecular flexibility index (Phi) is 6.65. The van der Waals surface area contributed by atoms with Crippen LogP contribution in [0.15, 0.2) is 24.3 Å². The Bertz CT molecular complexity index is 734. The van der Waals surface area contributed by atoms with Gasteiger partial charge in [-0.1, -0.05) is 12.1 Å². The lowest BCUT2D eigenvalue weighted by atomic mass is 9.97. The third-order valence-corrected chi connectivity index (χ3v) is 5.94. The van der Waals surface area contributed by atoms with Gasteiger partial charge in [0.15, 0.2) is 0 Å². The summed E-state index contributed by atoms with van der Waals surface area (Å²) < 4.78 is 0. The van der Waals surface area contributed by atoms with Crippen molar-refractivity contribution in [1.29, 1.82) is 5.26 Å². The van der Waals surface area contributed by atoms with Crippen LogP contribution in [-0.2, 0) is 16.1 Å². The van der Waals surface area contributed by atoms with Gasteiger partial charge in [-0.3, -0.25) is 19.4 Å². The first-order valence-corrected chi connectivity index (χ1v) is 10.0. The topological polar surface area (TPSA) is 93.7 Å². The van der Waals surface area contributed by atoms with E-state index >= 15 is 0 Å². The molecule has 2 atom stereocenters. The largest absolute Gasteiger partial charge is 0.369 e. The summed E-state index contributed by atoms with van der Waals surface area (Å²) in [5.41, 5.74) is 7.31. The summed E-state index contributed by atoms with van der Waals surface area (Å²) in [6.07, 6.45) is 1.62. The monoisotopic (exact) mass is 383 g/mol. The number of carbonyl (C=O) groups is 2. The molecule has 7 nitrogen and oxygen atoms in total. The Balaban J connectivity index is 1.49. The molecule has 28 heavy (non-hydrogen) atoms. The first-order chi connectivity index (χ1) is 13.5. The van der Waals surface area contributed by atoms with Crippen LogP contribution in [0.5, 0.6) is 0 Å². The highest BCUT2D eigenvalue weighted by molar-refractivity contribution is 5.83. The van der Waals surface area contributed by atoms with E-state index in [1.807, 2.05) is 36.1 Å². The third-order valence-electron chi connectivity index (χ3n) is 5.94. The molecule has 2 amide bonds. The van der Waals surface area contributed by atoms with Gasteiger partial charge in [0.2, 0.25) is 11.8 Å². The van der Waals surface area contributed by atoms with Crippen molar-refractivity contribution in [3.8, 4) is 6.07 Å². The molecule has 0 aromatic heterocycles. The second-order valence-electron chi connectivity index (χ2n) is 7.82. The molecule has 0 saturated carbocycles. The van der Waals surface area contributed by atoms with Gasteiger partial charge >= 0.3 is 0 Å². The molecular weight excluding hydrogens is 354 g/mol. The number of nitriles is 1. The van der Waals surface area contributed by atoms with Gasteiger partial charge in [0.05, 0.1) is 23.6 Å². The molecule has 2 heterocycles. The molecule has 0 aliphatic carbocycles. The summed E-state index contributed by atoms with van der Waals surface area (Å²) in [7, 11) is 0. The number of benzene rings is 1. The Morgan fingerprint density at radius 2 is 1.86 bits per heavy atom. The summed E-state index contributed by atoms with van der Waals surface area (Å²) in [5, 5.41) is 8.89. The van der Waals surface area contributed by atoms with E-state index < -0.39 is 0 Å². The van der Waals surface area contributed by atoms with Crippen molar-refractivity contribution >= 4 is 11.8 Å². The quantitative estimate of drug-likeness (QED) is 0.811. The number of rotatable bonds is 5. The second-order valence-corrected chi connectivity index (χ2v) is 7.82. The van der Waals surface area contributed by atoms with Crippen molar-refractivity contribution in [2.24, 2.45) is 11.7 Å². The van der Waals surface area contributed by atoms with Crippen molar-refractivity contribution < 1.29 is 9.59 Å². The maximum absolute atomic E-state index is 12.9. The van der Waals surface area contributed by atoms with Crippen molar-refractivity contribution in [1.82, 2.24) is 14.7 Å². The fourth-order valence-corrected chi connectivity index (χ4v) is 4.08. The highest BCUT2D eigenvalue weighted by Crippen LogP contribution is 2.19. The minimum absolute atomic E-state index is 0.103. The normalized spacial score (nSPS) is 22.4. The van der Waals surface area contributed by atoms with E-state index in [1.165, 1.54) is 5.56 Å².